The minimum atomic E-state index is 0. The van der Waals surface area contributed by atoms with Crippen LogP contribution in [0.5, 0.6) is 5.75 Å². The Kier molecular flexibility index (Phi) is 11.5. The molecular weight excluding hydrogens is 453 g/mol. The topological polar surface area (TPSA) is 65.9 Å². The van der Waals surface area contributed by atoms with Crippen LogP contribution in [0.1, 0.15) is 24.0 Å². The zero-order valence-electron chi connectivity index (χ0n) is 16.0. The van der Waals surface area contributed by atoms with Crippen molar-refractivity contribution in [2.75, 3.05) is 33.4 Å². The first-order valence-electron chi connectivity index (χ1n) is 9.08. The van der Waals surface area contributed by atoms with E-state index in [4.69, 9.17) is 4.74 Å². The van der Waals surface area contributed by atoms with Gasteiger partial charge in [-0.15, -0.1) is 24.0 Å². The monoisotopic (exact) mass is 483 g/mol. The van der Waals surface area contributed by atoms with Crippen molar-refractivity contribution in [3.63, 3.8) is 0 Å². The third-order valence-electron chi connectivity index (χ3n) is 4.18. The summed E-state index contributed by atoms with van der Waals surface area (Å²) in [6.07, 6.45) is 0.844. The molecule has 2 aromatic carbocycles. The minimum Gasteiger partial charge on any atom is -0.496 e. The zero-order chi connectivity index (χ0) is 18.6. The number of hydrogen-bond acceptors (Lipinski definition) is 3. The van der Waals surface area contributed by atoms with Crippen molar-refractivity contribution in [1.82, 2.24) is 10.6 Å². The molecule has 0 fully saturated rings. The Morgan fingerprint density at radius 3 is 2.44 bits per heavy atom. The van der Waals surface area contributed by atoms with E-state index < -0.39 is 0 Å². The number of rotatable bonds is 9. The number of halogens is 1. The first kappa shape index (κ1) is 23.2. The molecule has 0 aromatic heterocycles. The van der Waals surface area contributed by atoms with Gasteiger partial charge in [0.15, 0.2) is 5.96 Å². The molecule has 0 radical (unpaired) electrons. The molecule has 6 heteroatoms. The molecule has 0 bridgehead atoms. The molecule has 0 saturated heterocycles. The highest BCUT2D eigenvalue weighted by Gasteiger charge is 2.10. The Bertz CT molecular complexity index is 680. The number of aliphatic hydroxyl groups is 1. The molecule has 0 aliphatic carbocycles. The van der Waals surface area contributed by atoms with E-state index in [0.717, 1.165) is 42.3 Å². The fraction of sp³-hybridized carbons (Fsp3) is 0.381. The van der Waals surface area contributed by atoms with Gasteiger partial charge in [0.05, 0.1) is 20.3 Å². The first-order chi connectivity index (χ1) is 12.8. The molecule has 0 heterocycles. The number of para-hydroxylation sites is 1. The standard InChI is InChI=1S/C21H29N3O2.HI/c1-3-22-21(23-14-13-18-11-7-8-12-20(18)26-2)24-15-19(16-25)17-9-5-4-6-10-17;/h4-12,19,25H,3,13-16H2,1-2H3,(H2,22,23,24);1H. The van der Waals surface area contributed by atoms with Crippen molar-refractivity contribution >= 4 is 29.9 Å². The highest BCUT2D eigenvalue weighted by atomic mass is 127. The molecule has 3 N–H and O–H groups in total. The van der Waals surface area contributed by atoms with E-state index in [-0.39, 0.29) is 36.5 Å². The average molecular weight is 483 g/mol. The van der Waals surface area contributed by atoms with Gasteiger partial charge in [0.25, 0.3) is 0 Å². The first-order valence-corrected chi connectivity index (χ1v) is 9.08. The normalized spacial score (nSPS) is 12.0. The summed E-state index contributed by atoms with van der Waals surface area (Å²) in [5.74, 6) is 1.67. The fourth-order valence-electron chi connectivity index (χ4n) is 2.76. The van der Waals surface area contributed by atoms with E-state index in [1.54, 1.807) is 7.11 Å². The van der Waals surface area contributed by atoms with Crippen molar-refractivity contribution in [2.45, 2.75) is 19.3 Å². The predicted octanol–water partition coefficient (Wildman–Crippen LogP) is 3.19. The average Bonchev–Trinajstić information content (AvgIpc) is 2.69. The van der Waals surface area contributed by atoms with Crippen LogP contribution in [0.4, 0.5) is 0 Å². The van der Waals surface area contributed by atoms with E-state index in [1.165, 1.54) is 0 Å². The van der Waals surface area contributed by atoms with Gasteiger partial charge >= 0.3 is 0 Å². The Balaban J connectivity index is 0.00000364. The summed E-state index contributed by atoms with van der Waals surface area (Å²) < 4.78 is 5.39. The fourth-order valence-corrected chi connectivity index (χ4v) is 2.76. The third-order valence-corrected chi connectivity index (χ3v) is 4.18. The Labute approximate surface area is 179 Å². The van der Waals surface area contributed by atoms with E-state index in [1.807, 2.05) is 55.5 Å². The molecule has 0 saturated carbocycles. The second-order valence-corrected chi connectivity index (χ2v) is 6.00. The van der Waals surface area contributed by atoms with E-state index in [2.05, 4.69) is 21.7 Å². The van der Waals surface area contributed by atoms with Gasteiger partial charge in [-0.25, -0.2) is 0 Å². The van der Waals surface area contributed by atoms with Crippen molar-refractivity contribution in [2.24, 2.45) is 4.99 Å². The van der Waals surface area contributed by atoms with Crippen LogP contribution in [0, 0.1) is 0 Å². The number of nitrogens with zero attached hydrogens (tertiary/aromatic N) is 1. The summed E-state index contributed by atoms with van der Waals surface area (Å²) in [4.78, 5) is 4.64. The van der Waals surface area contributed by atoms with Gasteiger partial charge in [-0.1, -0.05) is 48.5 Å². The second kappa shape index (κ2) is 13.4. The smallest absolute Gasteiger partial charge is 0.191 e. The molecule has 148 valence electrons. The van der Waals surface area contributed by atoms with Crippen LogP contribution in [-0.4, -0.2) is 44.4 Å². The quantitative estimate of drug-likeness (QED) is 0.291. The number of nitrogens with one attached hydrogen (secondary N) is 2. The van der Waals surface area contributed by atoms with Crippen molar-refractivity contribution in [1.29, 1.82) is 0 Å². The van der Waals surface area contributed by atoms with Crippen LogP contribution < -0.4 is 15.4 Å². The van der Waals surface area contributed by atoms with E-state index in [9.17, 15) is 5.11 Å². The van der Waals surface area contributed by atoms with Crippen molar-refractivity contribution < 1.29 is 9.84 Å². The number of benzene rings is 2. The van der Waals surface area contributed by atoms with Crippen LogP contribution in [-0.2, 0) is 6.42 Å². The Morgan fingerprint density at radius 2 is 1.78 bits per heavy atom. The summed E-state index contributed by atoms with van der Waals surface area (Å²) in [5.41, 5.74) is 2.26. The molecule has 0 aliphatic heterocycles. The van der Waals surface area contributed by atoms with Gasteiger partial charge in [0, 0.05) is 19.0 Å². The van der Waals surface area contributed by atoms with Crippen LogP contribution in [0.2, 0.25) is 0 Å². The summed E-state index contributed by atoms with van der Waals surface area (Å²) in [6.45, 7) is 4.19. The van der Waals surface area contributed by atoms with E-state index >= 15 is 0 Å². The summed E-state index contributed by atoms with van der Waals surface area (Å²) >= 11 is 0. The lowest BCUT2D eigenvalue weighted by Gasteiger charge is -2.15. The molecule has 0 amide bonds. The van der Waals surface area contributed by atoms with Crippen LogP contribution >= 0.6 is 24.0 Å². The van der Waals surface area contributed by atoms with Gasteiger partial charge in [0.1, 0.15) is 5.75 Å². The van der Waals surface area contributed by atoms with Gasteiger partial charge in [-0.3, -0.25) is 4.99 Å². The molecule has 1 atom stereocenters. The highest BCUT2D eigenvalue weighted by molar-refractivity contribution is 14.0. The number of aliphatic hydroxyl groups excluding tert-OH is 1. The molecule has 5 nitrogen and oxygen atoms in total. The number of hydrogen-bond donors (Lipinski definition) is 3. The summed E-state index contributed by atoms with van der Waals surface area (Å²) in [5, 5.41) is 16.3. The van der Waals surface area contributed by atoms with Crippen molar-refractivity contribution in [3.8, 4) is 5.75 Å². The highest BCUT2D eigenvalue weighted by Crippen LogP contribution is 2.17. The Morgan fingerprint density at radius 1 is 1.07 bits per heavy atom. The maximum Gasteiger partial charge on any atom is 0.191 e. The minimum absolute atomic E-state index is 0. The molecule has 2 aromatic rings. The van der Waals surface area contributed by atoms with Crippen LogP contribution in [0.25, 0.3) is 0 Å². The largest absolute Gasteiger partial charge is 0.496 e. The molecule has 0 aliphatic rings. The SMILES string of the molecule is CCNC(=NCC(CO)c1ccccc1)NCCc1ccccc1OC.I. The van der Waals surface area contributed by atoms with Crippen LogP contribution in [0.3, 0.4) is 0 Å². The number of ether oxygens (including phenoxy) is 1. The molecule has 27 heavy (non-hydrogen) atoms. The second-order valence-electron chi connectivity index (χ2n) is 6.00. The predicted molar refractivity (Wildman–Crippen MR) is 122 cm³/mol. The lowest BCUT2D eigenvalue weighted by molar-refractivity contribution is 0.268. The Hall–Kier alpha value is -1.80. The molecule has 1 unspecified atom stereocenters. The van der Waals surface area contributed by atoms with Gasteiger partial charge < -0.3 is 20.5 Å². The molecular formula is C21H30IN3O2. The summed E-state index contributed by atoms with van der Waals surface area (Å²) in [7, 11) is 1.69. The number of aliphatic imine (C=N–C) groups is 1. The van der Waals surface area contributed by atoms with Crippen molar-refractivity contribution in [3.05, 3.63) is 65.7 Å². The summed E-state index contributed by atoms with van der Waals surface area (Å²) in [6, 6.07) is 18.0. The molecule has 0 spiro atoms. The van der Waals surface area contributed by atoms with Gasteiger partial charge in [0.2, 0.25) is 0 Å². The number of methoxy groups -OCH3 is 1. The molecule has 2 rings (SSSR count). The van der Waals surface area contributed by atoms with Gasteiger partial charge in [-0.2, -0.15) is 0 Å². The maximum atomic E-state index is 9.68. The number of guanidine groups is 1. The third kappa shape index (κ3) is 7.76. The maximum absolute atomic E-state index is 9.68. The van der Waals surface area contributed by atoms with E-state index in [0.29, 0.717) is 6.54 Å². The van der Waals surface area contributed by atoms with Gasteiger partial charge in [-0.05, 0) is 30.5 Å². The lowest BCUT2D eigenvalue weighted by atomic mass is 10.0. The lowest BCUT2D eigenvalue weighted by Crippen LogP contribution is -2.38. The zero-order valence-corrected chi connectivity index (χ0v) is 18.4. The van der Waals surface area contributed by atoms with Crippen LogP contribution in [0.15, 0.2) is 59.6 Å².